The number of nitrogens with zero attached hydrogens (tertiary/aromatic N) is 4. The monoisotopic (exact) mass is 349 g/mol. The lowest BCUT2D eigenvalue weighted by molar-refractivity contribution is 0.174. The van der Waals surface area contributed by atoms with Crippen molar-refractivity contribution in [3.63, 3.8) is 0 Å². The second-order valence-corrected chi connectivity index (χ2v) is 8.09. The summed E-state index contributed by atoms with van der Waals surface area (Å²) in [5.74, 6) is 0.675. The molecule has 2 fully saturated rings. The zero-order valence-corrected chi connectivity index (χ0v) is 14.7. The summed E-state index contributed by atoms with van der Waals surface area (Å²) in [6.07, 6.45) is 8.62. The number of aromatic nitrogens is 2. The first-order chi connectivity index (χ1) is 11.6. The summed E-state index contributed by atoms with van der Waals surface area (Å²) in [4.78, 5) is 25.8. The van der Waals surface area contributed by atoms with Crippen LogP contribution >= 0.6 is 0 Å². The molecule has 1 unspecified atom stereocenters. The van der Waals surface area contributed by atoms with E-state index in [0.717, 1.165) is 50.8 Å². The molecule has 0 spiro atoms. The largest absolute Gasteiger partial charge is 0.326 e. The van der Waals surface area contributed by atoms with E-state index in [9.17, 15) is 9.00 Å². The molecule has 1 saturated carbocycles. The maximum absolute atomic E-state index is 13.2. The van der Waals surface area contributed by atoms with Gasteiger partial charge in [-0.2, -0.15) is 0 Å². The predicted molar refractivity (Wildman–Crippen MR) is 91.3 cm³/mol. The van der Waals surface area contributed by atoms with Crippen molar-refractivity contribution in [3.8, 4) is 0 Å². The molecule has 2 atom stereocenters. The highest BCUT2D eigenvalue weighted by atomic mass is 32.2. The van der Waals surface area contributed by atoms with Gasteiger partial charge in [-0.15, -0.1) is 0 Å². The Hall–Kier alpha value is -1.54. The van der Waals surface area contributed by atoms with Crippen LogP contribution in [0.3, 0.4) is 0 Å². The van der Waals surface area contributed by atoms with Gasteiger partial charge < -0.3 is 10.2 Å². The number of urea groups is 1. The third-order valence-corrected chi connectivity index (χ3v) is 5.97. The number of carbonyl (C=O) groups is 1. The van der Waals surface area contributed by atoms with Crippen molar-refractivity contribution in [2.75, 3.05) is 24.2 Å². The van der Waals surface area contributed by atoms with Crippen molar-refractivity contribution < 1.29 is 9.00 Å². The van der Waals surface area contributed by atoms with E-state index in [1.165, 1.54) is 0 Å². The van der Waals surface area contributed by atoms with Crippen molar-refractivity contribution in [2.45, 2.75) is 55.9 Å². The number of amides is 2. The lowest BCUT2D eigenvalue weighted by atomic mass is 10.1. The van der Waals surface area contributed by atoms with Crippen LogP contribution in [0.2, 0.25) is 0 Å². The van der Waals surface area contributed by atoms with Crippen LogP contribution in [0, 0.1) is 0 Å². The maximum Gasteiger partial charge on any atom is 0.326 e. The zero-order valence-electron chi connectivity index (χ0n) is 13.9. The van der Waals surface area contributed by atoms with Crippen LogP contribution in [-0.4, -0.2) is 56.5 Å². The lowest BCUT2D eigenvalue weighted by Gasteiger charge is -2.41. The van der Waals surface area contributed by atoms with Crippen molar-refractivity contribution in [3.05, 3.63) is 11.8 Å². The van der Waals surface area contributed by atoms with E-state index in [-0.39, 0.29) is 18.1 Å². The van der Waals surface area contributed by atoms with Crippen LogP contribution in [0.25, 0.3) is 0 Å². The Balaban J connectivity index is 1.74. The number of fused-ring (bicyclic) bond motifs is 1. The van der Waals surface area contributed by atoms with E-state index in [0.29, 0.717) is 17.5 Å². The summed E-state index contributed by atoms with van der Waals surface area (Å²) in [5, 5.41) is 3.64. The molecule has 0 aromatic carbocycles. The van der Waals surface area contributed by atoms with Gasteiger partial charge in [0.1, 0.15) is 5.82 Å². The van der Waals surface area contributed by atoms with Crippen molar-refractivity contribution >= 4 is 22.6 Å². The van der Waals surface area contributed by atoms with Gasteiger partial charge in [-0.25, -0.2) is 14.8 Å². The Morgan fingerprint density at radius 1 is 1.25 bits per heavy atom. The first-order valence-corrected chi connectivity index (χ1v) is 10.2. The maximum atomic E-state index is 13.2. The molecule has 3 aliphatic rings. The molecule has 130 valence electrons. The van der Waals surface area contributed by atoms with Gasteiger partial charge in [-0.1, -0.05) is 12.8 Å². The topological polar surface area (TPSA) is 78.4 Å². The van der Waals surface area contributed by atoms with E-state index in [2.05, 4.69) is 15.3 Å². The normalized spacial score (nSPS) is 26.0. The van der Waals surface area contributed by atoms with Gasteiger partial charge in [0, 0.05) is 36.6 Å². The zero-order chi connectivity index (χ0) is 16.7. The molecule has 4 rings (SSSR count). The Bertz CT molecular complexity index is 670. The fourth-order valence-corrected chi connectivity index (χ4v) is 4.42. The van der Waals surface area contributed by atoms with E-state index < -0.39 is 10.8 Å². The number of hydrogen-bond donors (Lipinski definition) is 1. The molecule has 7 nitrogen and oxygen atoms in total. The molecule has 0 radical (unpaired) electrons. The van der Waals surface area contributed by atoms with Crippen LogP contribution < -0.4 is 10.2 Å². The number of rotatable bonds is 3. The van der Waals surface area contributed by atoms with Crippen LogP contribution in [-0.2, 0) is 17.3 Å². The van der Waals surface area contributed by atoms with Crippen LogP contribution in [0.1, 0.15) is 37.7 Å². The first-order valence-electron chi connectivity index (χ1n) is 8.65. The summed E-state index contributed by atoms with van der Waals surface area (Å²) in [6.45, 7) is 2.34. The van der Waals surface area contributed by atoms with E-state index in [1.807, 2.05) is 9.80 Å². The molecule has 1 aromatic rings. The minimum atomic E-state index is -1.25. The predicted octanol–water partition coefficient (Wildman–Crippen LogP) is 1.26. The van der Waals surface area contributed by atoms with Gasteiger partial charge in [0.2, 0.25) is 5.16 Å². The molecule has 2 aliphatic heterocycles. The second kappa shape index (κ2) is 6.40. The minimum Gasteiger partial charge on any atom is -0.315 e. The van der Waals surface area contributed by atoms with E-state index >= 15 is 0 Å². The molecule has 3 heterocycles. The fraction of sp³-hybridized carbons (Fsp3) is 0.688. The smallest absolute Gasteiger partial charge is 0.315 e. The number of carbonyl (C=O) groups excluding carboxylic acids is 1. The molecular weight excluding hydrogens is 326 g/mol. The highest BCUT2D eigenvalue weighted by molar-refractivity contribution is 7.84. The molecule has 1 N–H and O–H groups in total. The number of nitrogens with one attached hydrogen (secondary N) is 1. The van der Waals surface area contributed by atoms with Gasteiger partial charge in [-0.05, 0) is 25.8 Å². The minimum absolute atomic E-state index is 0.0506. The summed E-state index contributed by atoms with van der Waals surface area (Å²) in [5.41, 5.74) is 0.961. The molecule has 1 saturated heterocycles. The van der Waals surface area contributed by atoms with Gasteiger partial charge in [-0.3, -0.25) is 9.11 Å². The molecule has 1 aliphatic carbocycles. The SMILES string of the molecule is CS(=O)c1ncc2c(n1)N(C1CCCC1)C(=O)N([C@@H]1CCNC1)C2. The summed E-state index contributed by atoms with van der Waals surface area (Å²) < 4.78 is 11.8. The third-order valence-electron chi connectivity index (χ3n) is 5.26. The standard InChI is InChI=1S/C16H23N5O2S/c1-24(23)15-18-8-11-10-20(13-6-7-17-9-13)16(22)21(14(11)19-15)12-4-2-3-5-12/h8,12-13,17H,2-7,9-10H2,1H3/t13-,24?/m1/s1. The molecule has 8 heteroatoms. The lowest BCUT2D eigenvalue weighted by Crippen LogP contribution is -2.55. The molecule has 1 aromatic heterocycles. The Morgan fingerprint density at radius 3 is 2.71 bits per heavy atom. The summed E-state index contributed by atoms with van der Waals surface area (Å²) in [7, 11) is -1.25. The third kappa shape index (κ3) is 2.71. The second-order valence-electron chi connectivity index (χ2n) is 6.82. The van der Waals surface area contributed by atoms with Crippen molar-refractivity contribution in [1.29, 1.82) is 0 Å². The summed E-state index contributed by atoms with van der Waals surface area (Å²) >= 11 is 0. The Morgan fingerprint density at radius 2 is 2.04 bits per heavy atom. The van der Waals surface area contributed by atoms with E-state index in [1.54, 1.807) is 12.5 Å². The first kappa shape index (κ1) is 16.0. The van der Waals surface area contributed by atoms with Crippen LogP contribution in [0.5, 0.6) is 0 Å². The van der Waals surface area contributed by atoms with Gasteiger partial charge in [0.15, 0.2) is 0 Å². The molecule has 24 heavy (non-hydrogen) atoms. The molecule has 2 amide bonds. The number of anilines is 1. The van der Waals surface area contributed by atoms with Crippen molar-refractivity contribution in [1.82, 2.24) is 20.2 Å². The Kier molecular flexibility index (Phi) is 4.26. The highest BCUT2D eigenvalue weighted by Gasteiger charge is 2.40. The highest BCUT2D eigenvalue weighted by Crippen LogP contribution is 2.35. The molecule has 0 bridgehead atoms. The fourth-order valence-electron chi connectivity index (χ4n) is 4.00. The van der Waals surface area contributed by atoms with E-state index in [4.69, 9.17) is 0 Å². The molecular formula is C16H23N5O2S. The Labute approximate surface area is 144 Å². The van der Waals surface area contributed by atoms with Crippen LogP contribution in [0.15, 0.2) is 11.4 Å². The van der Waals surface area contributed by atoms with Crippen molar-refractivity contribution in [2.24, 2.45) is 0 Å². The average Bonchev–Trinajstić information content (AvgIpc) is 3.27. The summed E-state index contributed by atoms with van der Waals surface area (Å²) in [6, 6.07) is 0.477. The average molecular weight is 349 g/mol. The van der Waals surface area contributed by atoms with Crippen LogP contribution in [0.4, 0.5) is 10.6 Å². The number of hydrogen-bond acceptors (Lipinski definition) is 5. The quantitative estimate of drug-likeness (QED) is 0.831. The van der Waals surface area contributed by atoms with Gasteiger partial charge >= 0.3 is 6.03 Å². The van der Waals surface area contributed by atoms with Gasteiger partial charge in [0.25, 0.3) is 0 Å². The van der Waals surface area contributed by atoms with Gasteiger partial charge in [0.05, 0.1) is 17.3 Å².